The van der Waals surface area contributed by atoms with Crippen LogP contribution in [0.15, 0.2) is 59.8 Å². The van der Waals surface area contributed by atoms with Crippen LogP contribution in [-0.4, -0.2) is 32.7 Å². The highest BCUT2D eigenvalue weighted by Crippen LogP contribution is 2.21. The maximum Gasteiger partial charge on any atom is 0.273 e. The highest BCUT2D eigenvalue weighted by Gasteiger charge is 2.15. The van der Waals surface area contributed by atoms with Gasteiger partial charge in [0.15, 0.2) is 0 Å². The molecule has 0 spiro atoms. The number of nitrogens with one attached hydrogen (secondary N) is 1. The standard InChI is InChI=1S/C20H18N6O4/c1-13-7-8-15(9-17(13)26(29)30)20(28)23-22-10-16-11-25(12-18(21)27)24-19(16)14-5-3-2-4-6-14/h2-11H,12H2,1H3,(H2,21,27)(H,23,28). The number of benzene rings is 2. The minimum Gasteiger partial charge on any atom is -0.368 e. The van der Waals surface area contributed by atoms with Crippen molar-refractivity contribution < 1.29 is 14.5 Å². The van der Waals surface area contributed by atoms with Gasteiger partial charge in [-0.25, -0.2) is 5.43 Å². The van der Waals surface area contributed by atoms with Crippen molar-refractivity contribution in [2.24, 2.45) is 10.8 Å². The summed E-state index contributed by atoms with van der Waals surface area (Å²) in [6.45, 7) is 1.49. The number of primary amides is 1. The van der Waals surface area contributed by atoms with Crippen LogP contribution in [0, 0.1) is 17.0 Å². The van der Waals surface area contributed by atoms with E-state index in [-0.39, 0.29) is 17.8 Å². The molecule has 10 heteroatoms. The molecule has 0 aliphatic rings. The second-order valence-corrected chi connectivity index (χ2v) is 6.42. The zero-order valence-corrected chi connectivity index (χ0v) is 16.0. The van der Waals surface area contributed by atoms with Gasteiger partial charge in [0.05, 0.1) is 11.1 Å². The smallest absolute Gasteiger partial charge is 0.273 e. The van der Waals surface area contributed by atoms with E-state index in [4.69, 9.17) is 5.73 Å². The predicted molar refractivity (Wildman–Crippen MR) is 110 cm³/mol. The highest BCUT2D eigenvalue weighted by atomic mass is 16.6. The van der Waals surface area contributed by atoms with Crippen LogP contribution in [0.2, 0.25) is 0 Å². The zero-order valence-electron chi connectivity index (χ0n) is 16.0. The Balaban J connectivity index is 1.82. The molecule has 0 saturated carbocycles. The van der Waals surface area contributed by atoms with Gasteiger partial charge in [0.25, 0.3) is 11.6 Å². The molecule has 152 valence electrons. The molecule has 0 atom stereocenters. The van der Waals surface area contributed by atoms with E-state index >= 15 is 0 Å². The molecular weight excluding hydrogens is 388 g/mol. The van der Waals surface area contributed by atoms with Gasteiger partial charge in [-0.2, -0.15) is 10.2 Å². The van der Waals surface area contributed by atoms with Crippen molar-refractivity contribution in [3.8, 4) is 11.3 Å². The first-order chi connectivity index (χ1) is 14.3. The summed E-state index contributed by atoms with van der Waals surface area (Å²) in [7, 11) is 0. The fraction of sp³-hybridized carbons (Fsp3) is 0.100. The zero-order chi connectivity index (χ0) is 21.7. The molecule has 0 aliphatic carbocycles. The van der Waals surface area contributed by atoms with Crippen molar-refractivity contribution in [3.05, 3.63) is 81.5 Å². The van der Waals surface area contributed by atoms with E-state index in [1.165, 1.54) is 29.1 Å². The van der Waals surface area contributed by atoms with Gasteiger partial charge in [0.1, 0.15) is 12.2 Å². The Kier molecular flexibility index (Phi) is 5.97. The Bertz CT molecular complexity index is 1140. The molecule has 0 fully saturated rings. The van der Waals surface area contributed by atoms with E-state index in [1.807, 2.05) is 30.3 Å². The van der Waals surface area contributed by atoms with Crippen LogP contribution in [0.25, 0.3) is 11.3 Å². The number of nitro benzene ring substituents is 1. The van der Waals surface area contributed by atoms with Crippen molar-refractivity contribution in [1.29, 1.82) is 0 Å². The quantitative estimate of drug-likeness (QED) is 0.350. The summed E-state index contributed by atoms with van der Waals surface area (Å²) in [5.74, 6) is -1.14. The Morgan fingerprint density at radius 2 is 2.00 bits per heavy atom. The summed E-state index contributed by atoms with van der Waals surface area (Å²) in [6, 6.07) is 13.4. The van der Waals surface area contributed by atoms with Crippen LogP contribution in [0.1, 0.15) is 21.5 Å². The number of carbonyl (C=O) groups is 2. The van der Waals surface area contributed by atoms with Crippen LogP contribution in [0.5, 0.6) is 0 Å². The fourth-order valence-electron chi connectivity index (χ4n) is 2.76. The van der Waals surface area contributed by atoms with Crippen molar-refractivity contribution >= 4 is 23.7 Å². The van der Waals surface area contributed by atoms with E-state index in [0.29, 0.717) is 16.8 Å². The lowest BCUT2D eigenvalue weighted by Gasteiger charge is -2.02. The number of aromatic nitrogens is 2. The fourth-order valence-corrected chi connectivity index (χ4v) is 2.76. The molecule has 1 heterocycles. The van der Waals surface area contributed by atoms with Crippen LogP contribution in [-0.2, 0) is 11.3 Å². The van der Waals surface area contributed by atoms with Gasteiger partial charge in [-0.1, -0.05) is 36.4 Å². The number of amides is 2. The summed E-state index contributed by atoms with van der Waals surface area (Å²) >= 11 is 0. The lowest BCUT2D eigenvalue weighted by Crippen LogP contribution is -2.19. The summed E-state index contributed by atoms with van der Waals surface area (Å²) in [6.07, 6.45) is 2.97. The highest BCUT2D eigenvalue weighted by molar-refractivity contribution is 5.96. The molecule has 1 aromatic heterocycles. The largest absolute Gasteiger partial charge is 0.368 e. The van der Waals surface area contributed by atoms with Gasteiger partial charge in [-0.3, -0.25) is 24.4 Å². The van der Waals surface area contributed by atoms with Crippen LogP contribution in [0.3, 0.4) is 0 Å². The van der Waals surface area contributed by atoms with E-state index in [2.05, 4.69) is 15.6 Å². The molecule has 2 amide bonds. The van der Waals surface area contributed by atoms with Crippen molar-refractivity contribution in [1.82, 2.24) is 15.2 Å². The lowest BCUT2D eigenvalue weighted by atomic mass is 10.1. The minimum absolute atomic E-state index is 0.104. The van der Waals surface area contributed by atoms with Gasteiger partial charge in [0.2, 0.25) is 5.91 Å². The third-order valence-electron chi connectivity index (χ3n) is 4.19. The first-order valence-electron chi connectivity index (χ1n) is 8.85. The second-order valence-electron chi connectivity index (χ2n) is 6.42. The van der Waals surface area contributed by atoms with Gasteiger partial charge in [0, 0.05) is 34.5 Å². The predicted octanol–water partition coefficient (Wildman–Crippen LogP) is 2.02. The summed E-state index contributed by atoms with van der Waals surface area (Å²) < 4.78 is 1.39. The topological polar surface area (TPSA) is 146 Å². The summed E-state index contributed by atoms with van der Waals surface area (Å²) in [4.78, 5) is 34.0. The van der Waals surface area contributed by atoms with Crippen molar-refractivity contribution in [2.75, 3.05) is 0 Å². The van der Waals surface area contributed by atoms with Gasteiger partial charge in [-0.15, -0.1) is 0 Å². The molecule has 10 nitrogen and oxygen atoms in total. The molecule has 0 aliphatic heterocycles. The number of hydrazone groups is 1. The van der Waals surface area contributed by atoms with Gasteiger partial charge < -0.3 is 5.73 Å². The number of nitrogens with zero attached hydrogens (tertiary/aromatic N) is 4. The summed E-state index contributed by atoms with van der Waals surface area (Å²) in [5, 5.41) is 19.3. The Morgan fingerprint density at radius 1 is 1.27 bits per heavy atom. The Morgan fingerprint density at radius 3 is 2.67 bits per heavy atom. The van der Waals surface area contributed by atoms with Crippen LogP contribution < -0.4 is 11.2 Å². The van der Waals surface area contributed by atoms with Crippen molar-refractivity contribution in [3.63, 3.8) is 0 Å². The molecule has 3 aromatic rings. The SMILES string of the molecule is Cc1ccc(C(=O)NN=Cc2cn(CC(N)=O)nc2-c2ccccc2)cc1[N+](=O)[O-]. The third kappa shape index (κ3) is 4.73. The maximum atomic E-state index is 12.3. The number of nitro groups is 1. The molecule has 0 bridgehead atoms. The molecular formula is C20H18N6O4. The first-order valence-corrected chi connectivity index (χ1v) is 8.85. The molecule has 0 unspecified atom stereocenters. The minimum atomic E-state index is -0.597. The normalized spacial score (nSPS) is 10.8. The lowest BCUT2D eigenvalue weighted by molar-refractivity contribution is -0.385. The van der Waals surface area contributed by atoms with E-state index in [0.717, 1.165) is 5.56 Å². The van der Waals surface area contributed by atoms with E-state index < -0.39 is 16.7 Å². The molecule has 0 saturated heterocycles. The monoisotopic (exact) mass is 406 g/mol. The molecule has 0 radical (unpaired) electrons. The molecule has 3 N–H and O–H groups in total. The number of carbonyl (C=O) groups excluding carboxylic acids is 2. The molecule has 2 aromatic carbocycles. The maximum absolute atomic E-state index is 12.3. The number of hydrogen-bond acceptors (Lipinski definition) is 6. The van der Waals surface area contributed by atoms with Crippen LogP contribution >= 0.6 is 0 Å². The average molecular weight is 406 g/mol. The second kappa shape index (κ2) is 8.78. The number of nitrogens with two attached hydrogens (primary N) is 1. The Hall–Kier alpha value is -4.34. The number of rotatable bonds is 7. The van der Waals surface area contributed by atoms with Gasteiger partial charge >= 0.3 is 0 Å². The van der Waals surface area contributed by atoms with E-state index in [1.54, 1.807) is 13.1 Å². The first kappa shape index (κ1) is 20.4. The summed E-state index contributed by atoms with van der Waals surface area (Å²) in [5.41, 5.74) is 9.89. The van der Waals surface area contributed by atoms with Crippen molar-refractivity contribution in [2.45, 2.75) is 13.5 Å². The third-order valence-corrected chi connectivity index (χ3v) is 4.19. The van der Waals surface area contributed by atoms with E-state index in [9.17, 15) is 19.7 Å². The number of hydrogen-bond donors (Lipinski definition) is 2. The average Bonchev–Trinajstić information content (AvgIpc) is 3.10. The Labute approximate surface area is 171 Å². The number of aryl methyl sites for hydroxylation is 1. The molecule has 3 rings (SSSR count). The van der Waals surface area contributed by atoms with Crippen LogP contribution in [0.4, 0.5) is 5.69 Å². The molecule has 30 heavy (non-hydrogen) atoms. The van der Waals surface area contributed by atoms with Gasteiger partial charge in [-0.05, 0) is 13.0 Å².